The molecule has 0 N–H and O–H groups in total. The molecule has 6 rings (SSSR count). The van der Waals surface area contributed by atoms with E-state index >= 15 is 0 Å². The minimum atomic E-state index is -0.812. The van der Waals surface area contributed by atoms with E-state index in [1.165, 1.54) is 36.4 Å². The summed E-state index contributed by atoms with van der Waals surface area (Å²) < 4.78 is 0. The smallest absolute Gasteiger partial charge is 0.762 e. The second-order valence-corrected chi connectivity index (χ2v) is 12.4. The van der Waals surface area contributed by atoms with Gasteiger partial charge in [0, 0.05) is 32.0 Å². The van der Waals surface area contributed by atoms with Crippen molar-refractivity contribution in [3.05, 3.63) is 139 Å². The Bertz CT molecular complexity index is 3610. The molecule has 0 aliphatic rings. The second kappa shape index (κ2) is 20.3. The van der Waals surface area contributed by atoms with Gasteiger partial charge in [-0.25, -0.2) is 11.7 Å². The molecule has 0 radical (unpaired) electrons. The molecule has 0 unspecified atom stereocenters. The van der Waals surface area contributed by atoms with E-state index in [1.807, 2.05) is 48.6 Å². The number of ketones is 2. The molecule has 14 nitrogen and oxygen atoms in total. The average molecular weight is 831 g/mol. The normalized spacial score (nSPS) is 9.11. The van der Waals surface area contributed by atoms with Gasteiger partial charge in [0.05, 0.1) is 0 Å². The molecule has 0 heterocycles. The summed E-state index contributed by atoms with van der Waals surface area (Å²) in [5.74, 6) is 1.46. The second-order valence-electron chi connectivity index (χ2n) is 12.4. The van der Waals surface area contributed by atoms with Gasteiger partial charge in [0.25, 0.3) is 0 Å². The molecule has 0 fully saturated rings. The van der Waals surface area contributed by atoms with Gasteiger partial charge in [-0.1, -0.05) is 72.8 Å². The molecule has 0 spiro atoms. The number of nitriles is 10. The Morgan fingerprint density at radius 2 is 0.587 bits per heavy atom. The third kappa shape index (κ3) is 8.27. The van der Waals surface area contributed by atoms with Crippen molar-refractivity contribution in [3.63, 3.8) is 0 Å². The molecule has 6 aromatic rings. The largest absolute Gasteiger partial charge is 2.00 e. The third-order valence-corrected chi connectivity index (χ3v) is 9.37. The van der Waals surface area contributed by atoms with Crippen LogP contribution in [0.2, 0.25) is 0 Å². The molecular weight excluding hydrogens is 817 g/mol. The van der Waals surface area contributed by atoms with Crippen molar-refractivity contribution in [1.29, 1.82) is 52.6 Å². The molecule has 0 aliphatic carbocycles. The fraction of sp³-hybridized carbons (Fsp3) is 0. The number of hydrogen-bond acceptors (Lipinski definition) is 12. The van der Waals surface area contributed by atoms with Gasteiger partial charge in [0.2, 0.25) is 11.6 Å². The third-order valence-electron chi connectivity index (χ3n) is 9.37. The van der Waals surface area contributed by atoms with Gasteiger partial charge >= 0.3 is 37.7 Å². The van der Waals surface area contributed by atoms with Gasteiger partial charge in [-0.3, -0.25) is 9.59 Å². The Morgan fingerprint density at radius 3 is 0.810 bits per heavy atom. The SMILES string of the molecule is N#CC(=C=[N-])C(=O)c1ccc2c(=C(C#N)C#N)c3ccccc3c(=C(C#N)C#N)c2c1.N#CC(=C=[N-])C(=O)c1ccc2c(=C(C#N)C#N)c3ccccc3c(=C(C#N)C#N)c2c1.[Ca+2]. The number of allylic oxidation sites excluding steroid dienone is 2. The van der Waals surface area contributed by atoms with Crippen LogP contribution >= 0.6 is 0 Å². The first-order valence-electron chi connectivity index (χ1n) is 17.2. The van der Waals surface area contributed by atoms with Crippen molar-refractivity contribution in [1.82, 2.24) is 0 Å². The summed E-state index contributed by atoms with van der Waals surface area (Å²) in [6.07, 6.45) is 0. The van der Waals surface area contributed by atoms with Gasteiger partial charge in [-0.15, -0.1) is 0 Å². The van der Waals surface area contributed by atoms with Crippen molar-refractivity contribution in [2.45, 2.75) is 0 Å². The molecule has 0 aliphatic heterocycles. The summed E-state index contributed by atoms with van der Waals surface area (Å²) in [6.45, 7) is 0. The molecule has 0 amide bonds. The van der Waals surface area contributed by atoms with Crippen LogP contribution in [0.5, 0.6) is 0 Å². The zero-order valence-electron chi connectivity index (χ0n) is 32.0. The first-order chi connectivity index (χ1) is 30.1. The van der Waals surface area contributed by atoms with Crippen molar-refractivity contribution >= 4 is 126 Å². The maximum atomic E-state index is 12.5. The minimum absolute atomic E-state index is 0. The first-order valence-corrected chi connectivity index (χ1v) is 17.2. The van der Waals surface area contributed by atoms with Crippen LogP contribution in [-0.2, 0) is 0 Å². The van der Waals surface area contributed by atoms with Crippen LogP contribution in [-0.4, -0.2) is 61.0 Å². The van der Waals surface area contributed by atoms with Crippen molar-refractivity contribution in [2.75, 3.05) is 0 Å². The zero-order valence-corrected chi connectivity index (χ0v) is 34.2. The van der Waals surface area contributed by atoms with Gasteiger partial charge in [0.15, 0.2) is 0 Å². The minimum Gasteiger partial charge on any atom is -0.762 e. The van der Waals surface area contributed by atoms with E-state index in [-0.39, 0.29) is 92.4 Å². The molecule has 6 aromatic carbocycles. The summed E-state index contributed by atoms with van der Waals surface area (Å²) in [5.41, 5.74) is -2.04. The predicted molar refractivity (Wildman–Crippen MR) is 229 cm³/mol. The van der Waals surface area contributed by atoms with E-state index in [0.29, 0.717) is 42.8 Å². The summed E-state index contributed by atoms with van der Waals surface area (Å²) >= 11 is 0. The molecule has 0 saturated carbocycles. The van der Waals surface area contributed by atoms with E-state index in [9.17, 15) is 51.7 Å². The first kappa shape index (κ1) is 45.9. The maximum Gasteiger partial charge on any atom is 2.00 e. The van der Waals surface area contributed by atoms with Crippen molar-refractivity contribution in [2.24, 2.45) is 0 Å². The van der Waals surface area contributed by atoms with Crippen LogP contribution in [0, 0.1) is 113 Å². The van der Waals surface area contributed by atoms with E-state index in [2.05, 4.69) is 0 Å². The van der Waals surface area contributed by atoms with E-state index in [1.54, 1.807) is 72.4 Å². The summed E-state index contributed by atoms with van der Waals surface area (Å²) in [5, 5.41) is 116. The average Bonchev–Trinajstić information content (AvgIpc) is 3.31. The number of hydrogen-bond donors (Lipinski definition) is 0. The predicted octanol–water partition coefficient (Wildman–Crippen LogP) is 4.14. The monoisotopic (exact) mass is 830 g/mol. The molecule has 0 saturated heterocycles. The summed E-state index contributed by atoms with van der Waals surface area (Å²) in [6, 6.07) is 39.7. The van der Waals surface area contributed by atoms with Crippen LogP contribution in [0.15, 0.2) is 96.1 Å². The van der Waals surface area contributed by atoms with Gasteiger partial charge in [-0.05, 0) is 55.2 Å². The van der Waals surface area contributed by atoms with Gasteiger partial charge < -0.3 is 10.8 Å². The Labute approximate surface area is 385 Å². The Hall–Kier alpha value is -9.76. The quantitative estimate of drug-likeness (QED) is 0.0604. The van der Waals surface area contributed by atoms with Crippen molar-refractivity contribution < 1.29 is 9.59 Å². The Morgan fingerprint density at radius 1 is 0.349 bits per heavy atom. The zero-order chi connectivity index (χ0) is 45.1. The molecule has 15 heteroatoms. The van der Waals surface area contributed by atoms with Gasteiger partial charge in [0.1, 0.15) is 94.1 Å². The van der Waals surface area contributed by atoms with Crippen LogP contribution in [0.3, 0.4) is 0 Å². The molecular formula is C48H14CaN12O2. The fourth-order valence-electron chi connectivity index (χ4n) is 6.81. The molecule has 0 aromatic heterocycles. The Kier molecular flexibility index (Phi) is 14.8. The number of Topliss-reactive ketones (excluding diaryl/α,β-unsaturated/α-hetero) is 2. The van der Waals surface area contributed by atoms with Crippen LogP contribution in [0.1, 0.15) is 20.7 Å². The van der Waals surface area contributed by atoms with Crippen LogP contribution in [0.4, 0.5) is 0 Å². The van der Waals surface area contributed by atoms with Crippen LogP contribution < -0.4 is 20.9 Å². The molecule has 0 bridgehead atoms. The summed E-state index contributed by atoms with van der Waals surface area (Å²) in [4.78, 5) is 25.1. The number of fused-ring (bicyclic) bond motifs is 4. The number of carbonyl (C=O) groups is 2. The van der Waals surface area contributed by atoms with Crippen molar-refractivity contribution in [3.8, 4) is 60.7 Å². The number of rotatable bonds is 4. The topological polar surface area (TPSA) is 317 Å². The Balaban J connectivity index is 0.000000272. The fourth-order valence-corrected chi connectivity index (χ4v) is 6.81. The standard InChI is InChI=1S/2C24H7N6O.Ca/c2*25-8-15(9-26)22-18-3-1-2-4-19(18)23(16(10-27)11-28)21-7-14(5-6-20(21)22)24(31)17(12-29)13-30;/h2*1-7H;/q2*-1;+2. The maximum absolute atomic E-state index is 12.5. The van der Waals surface area contributed by atoms with Crippen LogP contribution in [0.25, 0.3) is 76.2 Å². The number of carbonyl (C=O) groups excluding carboxylic acids is 2. The van der Waals surface area contributed by atoms with E-state index in [4.69, 9.17) is 21.3 Å². The summed E-state index contributed by atoms with van der Waals surface area (Å²) in [7, 11) is 0. The van der Waals surface area contributed by atoms with E-state index in [0.717, 1.165) is 0 Å². The molecule has 63 heavy (non-hydrogen) atoms. The number of benzene rings is 6. The molecule has 0 atom stereocenters. The van der Waals surface area contributed by atoms with E-state index < -0.39 is 22.7 Å². The molecule has 280 valence electrons. The van der Waals surface area contributed by atoms with Gasteiger partial charge in [-0.2, -0.15) is 52.6 Å². The number of nitrogens with zero attached hydrogens (tertiary/aromatic N) is 12.